The Morgan fingerprint density at radius 3 is 2.16 bits per heavy atom. The fraction of sp³-hybridized carbons (Fsp3) is 0.645. The van der Waals surface area contributed by atoms with Gasteiger partial charge in [-0.25, -0.2) is 0 Å². The van der Waals surface area contributed by atoms with Gasteiger partial charge in [0.25, 0.3) is 5.91 Å². The molecule has 45 heavy (non-hydrogen) atoms. The van der Waals surface area contributed by atoms with Crippen LogP contribution < -0.4 is 21.3 Å². The number of aliphatic hydroxyl groups is 2. The van der Waals surface area contributed by atoms with E-state index in [1.165, 1.54) is 0 Å². The van der Waals surface area contributed by atoms with Gasteiger partial charge in [-0.3, -0.25) is 28.9 Å². The first-order chi connectivity index (χ1) is 20.6. The van der Waals surface area contributed by atoms with E-state index in [0.29, 0.717) is 11.3 Å². The van der Waals surface area contributed by atoms with Crippen molar-refractivity contribution in [3.63, 3.8) is 0 Å². The summed E-state index contributed by atoms with van der Waals surface area (Å²) in [4.78, 5) is 72.4. The lowest BCUT2D eigenvalue weighted by Crippen LogP contribution is -2.75. The van der Waals surface area contributed by atoms with E-state index in [2.05, 4.69) is 10.6 Å². The Morgan fingerprint density at radius 1 is 1.07 bits per heavy atom. The number of anilines is 2. The molecule has 248 valence electrons. The number of benzene rings is 1. The topological polar surface area (TPSA) is 206 Å². The van der Waals surface area contributed by atoms with Crippen LogP contribution in [0.5, 0.6) is 5.75 Å². The van der Waals surface area contributed by atoms with Crippen molar-refractivity contribution in [3.05, 3.63) is 17.2 Å². The number of ketones is 3. The van der Waals surface area contributed by atoms with Crippen molar-refractivity contribution >= 4 is 40.5 Å². The summed E-state index contributed by atoms with van der Waals surface area (Å²) in [7, 11) is 10.1. The molecule has 2 saturated carbocycles. The van der Waals surface area contributed by atoms with Gasteiger partial charge < -0.3 is 41.5 Å². The molecule has 2 amide bonds. The quantitative estimate of drug-likeness (QED) is 0.121. The van der Waals surface area contributed by atoms with Crippen LogP contribution in [0, 0.1) is 23.7 Å². The minimum Gasteiger partial charge on any atom is -0.505 e. The number of hydrogen-bond acceptors (Lipinski definition) is 12. The predicted octanol–water partition coefficient (Wildman–Crippen LogP) is -1.06. The molecule has 0 saturated heterocycles. The number of amides is 2. The summed E-state index contributed by atoms with van der Waals surface area (Å²) in [6.45, 7) is 5.49. The summed E-state index contributed by atoms with van der Waals surface area (Å²) in [6.07, 6.45) is -2.36. The van der Waals surface area contributed by atoms with Crippen LogP contribution in [0.2, 0.25) is 0 Å². The molecule has 3 aliphatic rings. The van der Waals surface area contributed by atoms with E-state index in [0.717, 1.165) is 0 Å². The van der Waals surface area contributed by atoms with Crippen molar-refractivity contribution in [2.75, 3.05) is 52.5 Å². The van der Waals surface area contributed by atoms with E-state index in [9.17, 15) is 39.3 Å². The van der Waals surface area contributed by atoms with E-state index in [1.54, 1.807) is 63.1 Å². The van der Waals surface area contributed by atoms with Crippen LogP contribution in [0.3, 0.4) is 0 Å². The maximum absolute atomic E-state index is 14.3. The number of Topliss-reactive ketones (excluding diaryl/α,β-unsaturated/α-hetero) is 3. The highest BCUT2D eigenvalue weighted by molar-refractivity contribution is 6.26. The third kappa shape index (κ3) is 5.58. The highest BCUT2D eigenvalue weighted by atomic mass is 16.3. The zero-order valence-corrected chi connectivity index (χ0v) is 27.3. The Morgan fingerprint density at radius 2 is 1.67 bits per heavy atom. The van der Waals surface area contributed by atoms with Crippen molar-refractivity contribution in [1.29, 1.82) is 0 Å². The lowest BCUT2D eigenvalue weighted by molar-refractivity contribution is -0.190. The maximum Gasteiger partial charge on any atom is 0.258 e. The van der Waals surface area contributed by atoms with Gasteiger partial charge in [-0.15, -0.1) is 0 Å². The smallest absolute Gasteiger partial charge is 0.258 e. The van der Waals surface area contributed by atoms with Gasteiger partial charge in [0, 0.05) is 37.3 Å². The highest BCUT2D eigenvalue weighted by Crippen LogP contribution is 2.53. The number of aromatic hydroxyl groups is 1. The van der Waals surface area contributed by atoms with Crippen molar-refractivity contribution < 1.29 is 39.3 Å². The Hall–Kier alpha value is -3.59. The molecule has 0 aromatic heterocycles. The Labute approximate surface area is 262 Å². The number of hydrogen-bond donors (Lipinski definition) is 6. The first kappa shape index (κ1) is 34.3. The van der Waals surface area contributed by atoms with Crippen LogP contribution in [0.4, 0.5) is 11.4 Å². The van der Waals surface area contributed by atoms with Gasteiger partial charge in [-0.1, -0.05) is 0 Å². The summed E-state index contributed by atoms with van der Waals surface area (Å²) in [5, 5.41) is 40.4. The molecule has 1 aromatic rings. The minimum absolute atomic E-state index is 0.0124. The lowest BCUT2D eigenvalue weighted by Gasteiger charge is -2.55. The molecule has 7 N–H and O–H groups in total. The Balaban J connectivity index is 1.84. The largest absolute Gasteiger partial charge is 0.505 e. The molecule has 3 aliphatic carbocycles. The monoisotopic (exact) mass is 630 g/mol. The standard InChI is InChI=1S/C31H46N6O8/c1-30(2,3)34-29(44)28(37(8)9)33-16-12-17(35(4)5)14-10-13-11-15-21(36(6)7)24(40)20(27(32)43)26(42)31(15,45)25(41)18(13)23(39)19(14)22(16)38/h12-13,15,18,20-21,24,28,33,38,40,45H,10-11H2,1-9H3,(H2,32,43)(H,34,44)/t13-,15-,18?,20?,21-,24?,28?,31-/m1/s1. The predicted molar refractivity (Wildman–Crippen MR) is 166 cm³/mol. The molecule has 14 nitrogen and oxygen atoms in total. The third-order valence-electron chi connectivity index (χ3n) is 9.30. The van der Waals surface area contributed by atoms with Gasteiger partial charge in [-0.2, -0.15) is 0 Å². The summed E-state index contributed by atoms with van der Waals surface area (Å²) >= 11 is 0. The molecule has 2 fully saturated rings. The van der Waals surface area contributed by atoms with Crippen molar-refractivity contribution in [3.8, 4) is 5.75 Å². The average molecular weight is 631 g/mol. The molecule has 0 heterocycles. The number of carbonyl (C=O) groups is 5. The average Bonchev–Trinajstić information content (AvgIpc) is 2.88. The first-order valence-corrected chi connectivity index (χ1v) is 14.9. The SMILES string of the molecule is CN(C)c1cc(NC(C(=O)NC(C)(C)C)N(C)C)c(O)c2c1C[C@@H]1C[C@@H]3[C@@H](N(C)C)C(O)C(C(N)=O)C(=O)[C@]3(O)C(=O)C1C2=O. The summed E-state index contributed by atoms with van der Waals surface area (Å²) < 4.78 is 0. The van der Waals surface area contributed by atoms with Gasteiger partial charge >= 0.3 is 0 Å². The van der Waals surface area contributed by atoms with Gasteiger partial charge in [-0.05, 0) is 79.4 Å². The zero-order valence-electron chi connectivity index (χ0n) is 27.3. The fourth-order valence-electron chi connectivity index (χ4n) is 7.39. The molecule has 0 spiro atoms. The maximum atomic E-state index is 14.3. The first-order valence-electron chi connectivity index (χ1n) is 14.9. The number of phenols is 1. The second-order valence-corrected chi connectivity index (χ2v) is 14.3. The molecular formula is C31H46N6O8. The van der Waals surface area contributed by atoms with Gasteiger partial charge in [0.05, 0.1) is 23.3 Å². The number of likely N-dealkylation sites (N-methyl/N-ethyl adjacent to an activating group) is 2. The van der Waals surface area contributed by atoms with Gasteiger partial charge in [0.1, 0.15) is 11.7 Å². The lowest BCUT2D eigenvalue weighted by atomic mass is 9.52. The molecule has 4 rings (SSSR count). The van der Waals surface area contributed by atoms with E-state index in [4.69, 9.17) is 5.73 Å². The van der Waals surface area contributed by atoms with Crippen LogP contribution in [0.1, 0.15) is 43.1 Å². The van der Waals surface area contributed by atoms with Gasteiger partial charge in [0.15, 0.2) is 29.1 Å². The second kappa shape index (κ2) is 11.6. The number of nitrogens with zero attached hydrogens (tertiary/aromatic N) is 3. The molecule has 0 aliphatic heterocycles. The number of aliphatic hydroxyl groups excluding tert-OH is 1. The minimum atomic E-state index is -2.75. The van der Waals surface area contributed by atoms with Crippen LogP contribution in [0.15, 0.2) is 6.07 Å². The summed E-state index contributed by atoms with van der Waals surface area (Å²) in [5.74, 6) is -10.2. The van der Waals surface area contributed by atoms with Crippen molar-refractivity contribution in [1.82, 2.24) is 15.1 Å². The number of phenolic OH excluding ortho intramolecular Hbond substituents is 1. The normalized spacial score (nSPS) is 30.4. The van der Waals surface area contributed by atoms with Gasteiger partial charge in [0.2, 0.25) is 5.91 Å². The molecule has 4 unspecified atom stereocenters. The highest BCUT2D eigenvalue weighted by Gasteiger charge is 2.69. The summed E-state index contributed by atoms with van der Waals surface area (Å²) in [5.41, 5.74) is 3.13. The van der Waals surface area contributed by atoms with E-state index in [1.807, 2.05) is 20.8 Å². The molecule has 1 aromatic carbocycles. The van der Waals surface area contributed by atoms with Crippen LogP contribution >= 0.6 is 0 Å². The van der Waals surface area contributed by atoms with E-state index < -0.39 is 82.1 Å². The molecule has 0 radical (unpaired) electrons. The number of primary amides is 1. The second-order valence-electron chi connectivity index (χ2n) is 14.3. The summed E-state index contributed by atoms with van der Waals surface area (Å²) in [6, 6.07) is 0.652. The van der Waals surface area contributed by atoms with E-state index in [-0.39, 0.29) is 30.0 Å². The fourth-order valence-corrected chi connectivity index (χ4v) is 7.39. The number of nitrogens with one attached hydrogen (secondary N) is 2. The number of fused-ring (bicyclic) bond motifs is 3. The molecule has 0 bridgehead atoms. The van der Waals surface area contributed by atoms with Crippen LogP contribution in [-0.2, 0) is 25.6 Å². The molecular weight excluding hydrogens is 584 g/mol. The van der Waals surface area contributed by atoms with Crippen LogP contribution in [0.25, 0.3) is 0 Å². The van der Waals surface area contributed by atoms with Crippen molar-refractivity contribution in [2.24, 2.45) is 29.4 Å². The number of rotatable bonds is 7. The van der Waals surface area contributed by atoms with E-state index >= 15 is 0 Å². The number of carbonyl (C=O) groups excluding carboxylic acids is 5. The Kier molecular flexibility index (Phi) is 8.87. The zero-order chi connectivity index (χ0) is 34.1. The Bertz CT molecular complexity index is 1440. The van der Waals surface area contributed by atoms with Crippen molar-refractivity contribution in [2.45, 2.75) is 63.1 Å². The molecule has 8 atom stereocenters. The third-order valence-corrected chi connectivity index (χ3v) is 9.30. The molecule has 14 heteroatoms. The number of nitrogens with two attached hydrogens (primary N) is 1. The van der Waals surface area contributed by atoms with Crippen LogP contribution in [-0.4, -0.2) is 126 Å².